The topological polar surface area (TPSA) is 71.5 Å². The Morgan fingerprint density at radius 1 is 1.03 bits per heavy atom. The molecule has 0 spiro atoms. The second kappa shape index (κ2) is 9.45. The summed E-state index contributed by atoms with van der Waals surface area (Å²) in [5.41, 5.74) is 4.52. The number of nitrogens with zero attached hydrogens (tertiary/aromatic N) is 2. The number of hydrogen-bond acceptors (Lipinski definition) is 4. The molecule has 0 radical (unpaired) electrons. The van der Waals surface area contributed by atoms with E-state index in [1.54, 1.807) is 38.1 Å². The first-order chi connectivity index (χ1) is 15.8. The molecule has 0 aliphatic carbocycles. The average Bonchev–Trinajstić information content (AvgIpc) is 3.21. The van der Waals surface area contributed by atoms with Gasteiger partial charge in [0, 0.05) is 31.0 Å². The molecule has 1 aliphatic rings. The largest absolute Gasteiger partial charge is 0.444 e. The van der Waals surface area contributed by atoms with Crippen LogP contribution < -0.4 is 10.2 Å². The standard InChI is InChI=1S/C27H29N3O3/c1-27(2,3)33-26(32)29-23(17-19-7-5-4-6-8-19)25(31)30-16-13-22-18-21(9-10-24(22)30)20-11-14-28-15-12-20/h4-12,14-15,18,23H,13,16-17H2,1-3H3,(H,29,32)/t23-/m1/s1. The second-order valence-electron chi connectivity index (χ2n) is 9.21. The van der Waals surface area contributed by atoms with Gasteiger partial charge in [-0.05, 0) is 73.7 Å². The highest BCUT2D eigenvalue weighted by Crippen LogP contribution is 2.33. The number of rotatable bonds is 5. The highest BCUT2D eigenvalue weighted by Gasteiger charge is 2.32. The summed E-state index contributed by atoms with van der Waals surface area (Å²) in [6, 6.07) is 19.0. The van der Waals surface area contributed by atoms with E-state index < -0.39 is 17.7 Å². The molecule has 33 heavy (non-hydrogen) atoms. The predicted octanol–water partition coefficient (Wildman–Crippen LogP) is 4.77. The van der Waals surface area contributed by atoms with Crippen molar-refractivity contribution in [2.75, 3.05) is 11.4 Å². The molecule has 2 aromatic carbocycles. The Kier molecular flexibility index (Phi) is 6.45. The lowest BCUT2D eigenvalue weighted by Gasteiger charge is -2.27. The number of nitrogens with one attached hydrogen (secondary N) is 1. The number of hydrogen-bond donors (Lipinski definition) is 1. The molecule has 0 saturated carbocycles. The van der Waals surface area contributed by atoms with Crippen LogP contribution in [0.15, 0.2) is 73.1 Å². The van der Waals surface area contributed by atoms with Gasteiger partial charge in [0.15, 0.2) is 0 Å². The van der Waals surface area contributed by atoms with Crippen molar-refractivity contribution < 1.29 is 14.3 Å². The first-order valence-corrected chi connectivity index (χ1v) is 11.2. The minimum absolute atomic E-state index is 0.139. The van der Waals surface area contributed by atoms with Crippen LogP contribution in [0.2, 0.25) is 0 Å². The van der Waals surface area contributed by atoms with Crippen LogP contribution in [0, 0.1) is 0 Å². The highest BCUT2D eigenvalue weighted by molar-refractivity contribution is 6.00. The zero-order chi connectivity index (χ0) is 23.4. The molecule has 0 bridgehead atoms. The molecular formula is C27H29N3O3. The third kappa shape index (κ3) is 5.58. The van der Waals surface area contributed by atoms with Crippen LogP contribution in [-0.2, 0) is 22.4 Å². The Hall–Kier alpha value is -3.67. The van der Waals surface area contributed by atoms with Crippen molar-refractivity contribution in [1.82, 2.24) is 10.3 Å². The number of ether oxygens (including phenoxy) is 1. The van der Waals surface area contributed by atoms with Crippen molar-refractivity contribution in [3.8, 4) is 11.1 Å². The monoisotopic (exact) mass is 443 g/mol. The minimum atomic E-state index is -0.729. The summed E-state index contributed by atoms with van der Waals surface area (Å²) in [4.78, 5) is 32.0. The third-order valence-electron chi connectivity index (χ3n) is 5.53. The average molecular weight is 444 g/mol. The Morgan fingerprint density at radius 2 is 1.76 bits per heavy atom. The Labute approximate surface area is 194 Å². The van der Waals surface area contributed by atoms with Gasteiger partial charge in [-0.15, -0.1) is 0 Å². The minimum Gasteiger partial charge on any atom is -0.444 e. The van der Waals surface area contributed by atoms with Crippen LogP contribution in [0.1, 0.15) is 31.9 Å². The van der Waals surface area contributed by atoms with Crippen molar-refractivity contribution in [2.45, 2.75) is 45.3 Å². The molecule has 1 atom stereocenters. The zero-order valence-corrected chi connectivity index (χ0v) is 19.2. The van der Waals surface area contributed by atoms with Gasteiger partial charge in [0.25, 0.3) is 0 Å². The van der Waals surface area contributed by atoms with Gasteiger partial charge >= 0.3 is 6.09 Å². The van der Waals surface area contributed by atoms with Gasteiger partial charge in [0.05, 0.1) is 0 Å². The van der Waals surface area contributed by atoms with Crippen molar-refractivity contribution in [1.29, 1.82) is 0 Å². The fourth-order valence-corrected chi connectivity index (χ4v) is 4.04. The normalized spacial score (nSPS) is 13.8. The number of fused-ring (bicyclic) bond motifs is 1. The third-order valence-corrected chi connectivity index (χ3v) is 5.53. The molecule has 1 aliphatic heterocycles. The van der Waals surface area contributed by atoms with Crippen LogP contribution in [-0.4, -0.2) is 35.2 Å². The maximum Gasteiger partial charge on any atom is 0.408 e. The van der Waals surface area contributed by atoms with Gasteiger partial charge in [-0.25, -0.2) is 4.79 Å². The van der Waals surface area contributed by atoms with E-state index in [1.165, 1.54) is 0 Å². The summed E-state index contributed by atoms with van der Waals surface area (Å²) in [5.74, 6) is -0.139. The molecule has 6 heteroatoms. The lowest BCUT2D eigenvalue weighted by molar-refractivity contribution is -0.120. The quantitative estimate of drug-likeness (QED) is 0.616. The van der Waals surface area contributed by atoms with Crippen LogP contribution in [0.5, 0.6) is 0 Å². The molecule has 3 aromatic rings. The summed E-state index contributed by atoms with van der Waals surface area (Å²) < 4.78 is 5.43. The number of alkyl carbamates (subject to hydrolysis) is 1. The first kappa shape index (κ1) is 22.5. The summed E-state index contributed by atoms with van der Waals surface area (Å²) in [6.07, 6.45) is 4.11. The lowest BCUT2D eigenvalue weighted by atomic mass is 10.0. The number of anilines is 1. The number of carbonyl (C=O) groups excluding carboxylic acids is 2. The Bertz CT molecular complexity index is 1120. The van der Waals surface area contributed by atoms with Crippen molar-refractivity contribution in [3.05, 3.63) is 84.2 Å². The van der Waals surface area contributed by atoms with Crippen LogP contribution in [0.3, 0.4) is 0 Å². The summed E-state index contributed by atoms with van der Waals surface area (Å²) in [7, 11) is 0. The zero-order valence-electron chi connectivity index (χ0n) is 19.2. The number of carbonyl (C=O) groups is 2. The first-order valence-electron chi connectivity index (χ1n) is 11.2. The summed E-state index contributed by atoms with van der Waals surface area (Å²) in [6.45, 7) is 5.99. The Morgan fingerprint density at radius 3 is 2.45 bits per heavy atom. The number of pyridine rings is 1. The molecule has 4 rings (SSSR count). The van der Waals surface area contributed by atoms with Gasteiger partial charge in [-0.1, -0.05) is 36.4 Å². The van der Waals surface area contributed by atoms with Crippen LogP contribution >= 0.6 is 0 Å². The van der Waals surface area contributed by atoms with E-state index in [0.29, 0.717) is 13.0 Å². The number of aromatic nitrogens is 1. The molecule has 170 valence electrons. The highest BCUT2D eigenvalue weighted by atomic mass is 16.6. The molecule has 0 saturated heterocycles. The molecule has 2 heterocycles. The molecular weight excluding hydrogens is 414 g/mol. The van der Waals surface area contributed by atoms with E-state index in [2.05, 4.69) is 16.4 Å². The number of amides is 2. The van der Waals surface area contributed by atoms with E-state index >= 15 is 0 Å². The molecule has 6 nitrogen and oxygen atoms in total. The van der Waals surface area contributed by atoms with E-state index in [-0.39, 0.29) is 5.91 Å². The van der Waals surface area contributed by atoms with Crippen molar-refractivity contribution >= 4 is 17.7 Å². The smallest absolute Gasteiger partial charge is 0.408 e. The fourth-order valence-electron chi connectivity index (χ4n) is 4.04. The maximum atomic E-state index is 13.6. The van der Waals surface area contributed by atoms with E-state index in [4.69, 9.17) is 4.74 Å². The molecule has 0 fully saturated rings. The van der Waals surface area contributed by atoms with Crippen LogP contribution in [0.4, 0.5) is 10.5 Å². The number of benzene rings is 2. The van der Waals surface area contributed by atoms with Gasteiger partial charge in [-0.3, -0.25) is 9.78 Å². The van der Waals surface area contributed by atoms with Crippen molar-refractivity contribution in [3.63, 3.8) is 0 Å². The lowest BCUT2D eigenvalue weighted by Crippen LogP contribution is -2.50. The van der Waals surface area contributed by atoms with E-state index in [9.17, 15) is 9.59 Å². The van der Waals surface area contributed by atoms with Gasteiger partial charge in [-0.2, -0.15) is 0 Å². The van der Waals surface area contributed by atoms with Gasteiger partial charge in [0.1, 0.15) is 11.6 Å². The van der Waals surface area contributed by atoms with Crippen LogP contribution in [0.25, 0.3) is 11.1 Å². The van der Waals surface area contributed by atoms with Gasteiger partial charge in [0.2, 0.25) is 5.91 Å². The SMILES string of the molecule is CC(C)(C)OC(=O)N[C@H](Cc1ccccc1)C(=O)N1CCc2cc(-c3ccncc3)ccc21. The predicted molar refractivity (Wildman–Crippen MR) is 129 cm³/mol. The molecule has 2 amide bonds. The van der Waals surface area contributed by atoms with Gasteiger partial charge < -0.3 is 15.0 Å². The van der Waals surface area contributed by atoms with E-state index in [1.807, 2.05) is 54.6 Å². The van der Waals surface area contributed by atoms with E-state index in [0.717, 1.165) is 34.4 Å². The molecule has 1 aromatic heterocycles. The van der Waals surface area contributed by atoms with Crippen molar-refractivity contribution in [2.24, 2.45) is 0 Å². The maximum absolute atomic E-state index is 13.6. The second-order valence-corrected chi connectivity index (χ2v) is 9.21. The summed E-state index contributed by atoms with van der Waals surface area (Å²) in [5, 5.41) is 2.81. The summed E-state index contributed by atoms with van der Waals surface area (Å²) >= 11 is 0. The Balaban J connectivity index is 1.57. The fraction of sp³-hybridized carbons (Fsp3) is 0.296. The molecule has 1 N–H and O–H groups in total. The molecule has 0 unspecified atom stereocenters.